The van der Waals surface area contributed by atoms with Crippen LogP contribution in [0.3, 0.4) is 0 Å². The molecule has 2 fully saturated rings. The van der Waals surface area contributed by atoms with Crippen LogP contribution in [0, 0.1) is 11.8 Å². The quantitative estimate of drug-likeness (QED) is 0.560. The van der Waals surface area contributed by atoms with Crippen molar-refractivity contribution in [2.24, 2.45) is 11.8 Å². The Morgan fingerprint density at radius 3 is 2.47 bits per heavy atom. The summed E-state index contributed by atoms with van der Waals surface area (Å²) in [4.78, 5) is 9.54. The van der Waals surface area contributed by atoms with E-state index in [-0.39, 0.29) is 0 Å². The van der Waals surface area contributed by atoms with Crippen LogP contribution in [0.15, 0.2) is 33.7 Å². The molecule has 9 heteroatoms. The maximum atomic E-state index is 11.5. The number of ether oxygens (including phenoxy) is 1. The molecule has 0 spiro atoms. The van der Waals surface area contributed by atoms with E-state index in [4.69, 9.17) is 9.26 Å². The molecular formula is C23H34N4O4S. The fourth-order valence-electron chi connectivity index (χ4n) is 4.62. The maximum Gasteiger partial charge on any atom is 0.266 e. The molecule has 2 aliphatic rings. The number of benzene rings is 1. The Labute approximate surface area is 190 Å². The second-order valence-corrected chi connectivity index (χ2v) is 11.2. The monoisotopic (exact) mass is 462 g/mol. The minimum atomic E-state index is -3.17. The molecule has 2 aromatic rings. The van der Waals surface area contributed by atoms with Gasteiger partial charge in [0.25, 0.3) is 5.95 Å². The van der Waals surface area contributed by atoms with Gasteiger partial charge in [-0.2, -0.15) is 4.98 Å². The highest BCUT2D eigenvalue weighted by atomic mass is 32.2. The van der Waals surface area contributed by atoms with Crippen LogP contribution in [-0.4, -0.2) is 62.5 Å². The summed E-state index contributed by atoms with van der Waals surface area (Å²) < 4.78 is 34.4. The van der Waals surface area contributed by atoms with Crippen molar-refractivity contribution >= 4 is 15.8 Å². The standard InChI is InChI=1S/C23H34N4O4S/c1-18(11-16-30-20-5-7-21(8-6-20)32(2,28)29)19-9-14-27(15-10-19)23-24-22(31-25-23)17-26-12-3-4-13-26/h5-8,18-19H,3-4,9-17H2,1-2H3. The Morgan fingerprint density at radius 1 is 1.12 bits per heavy atom. The van der Waals surface area contributed by atoms with E-state index in [1.165, 1.54) is 19.1 Å². The Balaban J connectivity index is 1.18. The van der Waals surface area contributed by atoms with Crippen molar-refractivity contribution in [2.45, 2.75) is 50.5 Å². The zero-order chi connectivity index (χ0) is 22.6. The smallest absolute Gasteiger partial charge is 0.266 e. The van der Waals surface area contributed by atoms with Crippen LogP contribution >= 0.6 is 0 Å². The average molecular weight is 463 g/mol. The Morgan fingerprint density at radius 2 is 1.81 bits per heavy atom. The van der Waals surface area contributed by atoms with Gasteiger partial charge in [0, 0.05) is 19.3 Å². The van der Waals surface area contributed by atoms with E-state index in [1.807, 2.05) is 0 Å². The lowest BCUT2D eigenvalue weighted by molar-refractivity contribution is 0.222. The van der Waals surface area contributed by atoms with E-state index >= 15 is 0 Å². The summed E-state index contributed by atoms with van der Waals surface area (Å²) in [5, 5.41) is 4.21. The molecular weight excluding hydrogens is 428 g/mol. The summed E-state index contributed by atoms with van der Waals surface area (Å²) in [6.45, 7) is 7.82. The maximum absolute atomic E-state index is 11.5. The topological polar surface area (TPSA) is 88.8 Å². The molecule has 176 valence electrons. The predicted octanol–water partition coefficient (Wildman–Crippen LogP) is 3.39. The van der Waals surface area contributed by atoms with Gasteiger partial charge in [-0.15, -0.1) is 0 Å². The molecule has 32 heavy (non-hydrogen) atoms. The fourth-order valence-corrected chi connectivity index (χ4v) is 5.25. The summed E-state index contributed by atoms with van der Waals surface area (Å²) in [6, 6.07) is 6.64. The molecule has 0 saturated carbocycles. The molecule has 1 unspecified atom stereocenters. The number of anilines is 1. The van der Waals surface area contributed by atoms with E-state index in [0.717, 1.165) is 63.8 Å². The molecule has 0 amide bonds. The first-order chi connectivity index (χ1) is 15.4. The van der Waals surface area contributed by atoms with Gasteiger partial charge in [0.1, 0.15) is 5.75 Å². The summed E-state index contributed by atoms with van der Waals surface area (Å²) in [6.07, 6.45) is 6.92. The van der Waals surface area contributed by atoms with Gasteiger partial charge >= 0.3 is 0 Å². The molecule has 0 bridgehead atoms. The Hall–Kier alpha value is -2.13. The Bertz CT molecular complexity index is 962. The third-order valence-electron chi connectivity index (χ3n) is 6.74. The lowest BCUT2D eigenvalue weighted by atomic mass is 9.84. The number of piperidine rings is 1. The predicted molar refractivity (Wildman–Crippen MR) is 123 cm³/mol. The lowest BCUT2D eigenvalue weighted by Crippen LogP contribution is -2.36. The number of hydrogen-bond acceptors (Lipinski definition) is 8. The van der Waals surface area contributed by atoms with Crippen molar-refractivity contribution in [3.05, 3.63) is 30.2 Å². The highest BCUT2D eigenvalue weighted by Crippen LogP contribution is 2.29. The molecule has 2 saturated heterocycles. The van der Waals surface area contributed by atoms with Gasteiger partial charge in [0.2, 0.25) is 5.89 Å². The number of hydrogen-bond donors (Lipinski definition) is 0. The molecule has 1 aromatic carbocycles. The van der Waals surface area contributed by atoms with Gasteiger partial charge in [-0.05, 0) is 86.5 Å². The number of sulfone groups is 1. The molecule has 4 rings (SSSR count). The zero-order valence-corrected chi connectivity index (χ0v) is 19.9. The normalized spacial score (nSPS) is 19.4. The van der Waals surface area contributed by atoms with Gasteiger partial charge < -0.3 is 14.2 Å². The summed E-state index contributed by atoms with van der Waals surface area (Å²) in [7, 11) is -3.17. The number of rotatable bonds is 9. The average Bonchev–Trinajstić information content (AvgIpc) is 3.46. The fraction of sp³-hybridized carbons (Fsp3) is 0.652. The third kappa shape index (κ3) is 6.01. The first-order valence-electron chi connectivity index (χ1n) is 11.6. The SMILES string of the molecule is CC(CCOc1ccc(S(C)(=O)=O)cc1)C1CCN(c2noc(CN3CCCC3)n2)CC1. The molecule has 3 heterocycles. The first kappa shape index (κ1) is 23.0. The molecule has 0 N–H and O–H groups in total. The van der Waals surface area contributed by atoms with Gasteiger partial charge in [-0.1, -0.05) is 6.92 Å². The lowest BCUT2D eigenvalue weighted by Gasteiger charge is -2.34. The molecule has 0 radical (unpaired) electrons. The van der Waals surface area contributed by atoms with Crippen LogP contribution in [0.2, 0.25) is 0 Å². The van der Waals surface area contributed by atoms with Crippen molar-refractivity contribution in [1.29, 1.82) is 0 Å². The van der Waals surface area contributed by atoms with E-state index < -0.39 is 9.84 Å². The largest absolute Gasteiger partial charge is 0.494 e. The molecule has 1 atom stereocenters. The van der Waals surface area contributed by atoms with Gasteiger partial charge in [0.15, 0.2) is 9.84 Å². The van der Waals surface area contributed by atoms with Gasteiger partial charge in [0.05, 0.1) is 18.0 Å². The van der Waals surface area contributed by atoms with E-state index in [1.54, 1.807) is 24.3 Å². The summed E-state index contributed by atoms with van der Waals surface area (Å²) >= 11 is 0. The zero-order valence-electron chi connectivity index (χ0n) is 19.1. The number of aromatic nitrogens is 2. The number of nitrogens with zero attached hydrogens (tertiary/aromatic N) is 4. The van der Waals surface area contributed by atoms with Gasteiger partial charge in [-0.3, -0.25) is 4.90 Å². The van der Waals surface area contributed by atoms with E-state index in [0.29, 0.717) is 29.1 Å². The van der Waals surface area contributed by atoms with Crippen LogP contribution in [0.25, 0.3) is 0 Å². The van der Waals surface area contributed by atoms with Crippen LogP contribution in [0.4, 0.5) is 5.95 Å². The highest BCUT2D eigenvalue weighted by Gasteiger charge is 2.26. The second-order valence-electron chi connectivity index (χ2n) is 9.15. The summed E-state index contributed by atoms with van der Waals surface area (Å²) in [5.41, 5.74) is 0. The van der Waals surface area contributed by atoms with Crippen molar-refractivity contribution in [2.75, 3.05) is 43.9 Å². The molecule has 1 aromatic heterocycles. The van der Waals surface area contributed by atoms with Gasteiger partial charge in [-0.25, -0.2) is 8.42 Å². The van der Waals surface area contributed by atoms with E-state index in [9.17, 15) is 8.42 Å². The minimum absolute atomic E-state index is 0.315. The summed E-state index contributed by atoms with van der Waals surface area (Å²) in [5.74, 6) is 3.37. The van der Waals surface area contributed by atoms with Crippen LogP contribution < -0.4 is 9.64 Å². The molecule has 8 nitrogen and oxygen atoms in total. The van der Waals surface area contributed by atoms with Crippen molar-refractivity contribution in [1.82, 2.24) is 15.0 Å². The molecule has 2 aliphatic heterocycles. The minimum Gasteiger partial charge on any atom is -0.494 e. The highest BCUT2D eigenvalue weighted by molar-refractivity contribution is 7.90. The van der Waals surface area contributed by atoms with Crippen LogP contribution in [0.5, 0.6) is 5.75 Å². The second kappa shape index (κ2) is 10.2. The van der Waals surface area contributed by atoms with Crippen molar-refractivity contribution in [3.8, 4) is 5.75 Å². The van der Waals surface area contributed by atoms with Crippen LogP contribution in [0.1, 0.15) is 44.9 Å². The van der Waals surface area contributed by atoms with Crippen molar-refractivity contribution in [3.63, 3.8) is 0 Å². The number of likely N-dealkylation sites (tertiary alicyclic amines) is 1. The van der Waals surface area contributed by atoms with E-state index in [2.05, 4.69) is 26.9 Å². The van der Waals surface area contributed by atoms with Crippen molar-refractivity contribution < 1.29 is 17.7 Å². The van der Waals surface area contributed by atoms with Crippen LogP contribution in [-0.2, 0) is 16.4 Å². The first-order valence-corrected chi connectivity index (χ1v) is 13.5. The molecule has 0 aliphatic carbocycles. The third-order valence-corrected chi connectivity index (χ3v) is 7.86. The Kier molecular flexibility index (Phi) is 7.35.